The van der Waals surface area contributed by atoms with Gasteiger partial charge in [-0.05, 0) is 47.9 Å². The monoisotopic (exact) mass is 466 g/mol. The van der Waals surface area contributed by atoms with Gasteiger partial charge in [-0.2, -0.15) is 9.78 Å². The summed E-state index contributed by atoms with van der Waals surface area (Å²) in [6, 6.07) is 24.2. The Morgan fingerprint density at radius 3 is 2.68 bits per heavy atom. The number of amides is 1. The number of nitrogens with one attached hydrogen (secondary N) is 1. The molecule has 1 aliphatic heterocycles. The summed E-state index contributed by atoms with van der Waals surface area (Å²) in [5.41, 5.74) is 5.36. The molecule has 0 bridgehead atoms. The lowest BCUT2D eigenvalue weighted by molar-refractivity contribution is -0.116. The number of aryl methyl sites for hydroxylation is 1. The van der Waals surface area contributed by atoms with Gasteiger partial charge in [0.15, 0.2) is 0 Å². The van der Waals surface area contributed by atoms with Crippen LogP contribution < -0.4 is 10.1 Å². The molecule has 5 aromatic rings. The van der Waals surface area contributed by atoms with Crippen LogP contribution in [0.15, 0.2) is 79.0 Å². The molecule has 6 rings (SSSR count). The minimum Gasteiger partial charge on any atom is -0.489 e. The van der Waals surface area contributed by atoms with E-state index in [1.165, 1.54) is 11.1 Å². The van der Waals surface area contributed by atoms with Gasteiger partial charge in [-0.25, -0.2) is 4.98 Å². The number of benzene rings is 3. The first kappa shape index (κ1) is 20.6. The lowest BCUT2D eigenvalue weighted by Gasteiger charge is -2.23. The van der Waals surface area contributed by atoms with Crippen molar-refractivity contribution in [1.82, 2.24) is 14.8 Å². The molecule has 1 aliphatic rings. The topological polar surface area (TPSA) is 69.0 Å². The number of thiazole rings is 1. The van der Waals surface area contributed by atoms with Crippen LogP contribution in [0.2, 0.25) is 0 Å². The van der Waals surface area contributed by atoms with E-state index in [1.54, 1.807) is 16.0 Å². The number of carbonyl (C=O) groups is 1. The van der Waals surface area contributed by atoms with Crippen molar-refractivity contribution >= 4 is 33.3 Å². The van der Waals surface area contributed by atoms with Crippen molar-refractivity contribution in [3.05, 3.63) is 101 Å². The number of ether oxygens (including phenoxy) is 1. The summed E-state index contributed by atoms with van der Waals surface area (Å²) in [5, 5.41) is 8.34. The molecule has 1 N–H and O–H groups in total. The smallest absolute Gasteiger partial charge is 0.226 e. The number of para-hydroxylation sites is 1. The summed E-state index contributed by atoms with van der Waals surface area (Å²) in [7, 11) is 0. The Kier molecular flexibility index (Phi) is 5.11. The second-order valence-electron chi connectivity index (χ2n) is 8.41. The van der Waals surface area contributed by atoms with E-state index in [4.69, 9.17) is 9.72 Å². The normalized spacial score (nSPS) is 15.2. The van der Waals surface area contributed by atoms with E-state index >= 15 is 0 Å². The third-order valence-corrected chi connectivity index (χ3v) is 7.23. The summed E-state index contributed by atoms with van der Waals surface area (Å²) in [5.74, 6) is 1.40. The number of nitrogens with zero attached hydrogens (tertiary/aromatic N) is 3. The van der Waals surface area contributed by atoms with E-state index in [2.05, 4.69) is 29.5 Å². The summed E-state index contributed by atoms with van der Waals surface area (Å²) in [4.78, 5) is 17.3. The minimum absolute atomic E-state index is 0.0276. The molecule has 6 nitrogen and oxygen atoms in total. The Morgan fingerprint density at radius 1 is 1.06 bits per heavy atom. The van der Waals surface area contributed by atoms with E-state index in [0.29, 0.717) is 18.8 Å². The Bertz CT molecular complexity index is 1470. The van der Waals surface area contributed by atoms with Gasteiger partial charge in [0.1, 0.15) is 18.2 Å². The van der Waals surface area contributed by atoms with Gasteiger partial charge in [0.25, 0.3) is 0 Å². The lowest BCUT2D eigenvalue weighted by atomic mass is 9.87. The average molecular weight is 467 g/mol. The van der Waals surface area contributed by atoms with Crippen LogP contribution in [-0.4, -0.2) is 20.7 Å². The average Bonchev–Trinajstić information content (AvgIpc) is 3.47. The highest BCUT2D eigenvalue weighted by molar-refractivity contribution is 7.20. The Morgan fingerprint density at radius 2 is 1.85 bits per heavy atom. The fourth-order valence-electron chi connectivity index (χ4n) is 4.34. The van der Waals surface area contributed by atoms with E-state index in [0.717, 1.165) is 32.2 Å². The maximum absolute atomic E-state index is 12.6. The molecule has 34 heavy (non-hydrogen) atoms. The molecule has 0 spiro atoms. The number of carbonyl (C=O) groups excluding carboxylic acids is 1. The molecular weight excluding hydrogens is 444 g/mol. The van der Waals surface area contributed by atoms with Crippen molar-refractivity contribution in [2.24, 2.45) is 0 Å². The minimum atomic E-state index is -0.0719. The maximum Gasteiger partial charge on any atom is 0.226 e. The Hall–Kier alpha value is -3.97. The number of rotatable bonds is 5. The number of fused-ring (bicyclic) bond motifs is 2. The number of anilines is 1. The zero-order valence-corrected chi connectivity index (χ0v) is 19.4. The highest BCUT2D eigenvalue weighted by atomic mass is 32.1. The molecule has 0 aliphatic carbocycles. The molecule has 0 radical (unpaired) electrons. The van der Waals surface area contributed by atoms with Crippen molar-refractivity contribution in [2.45, 2.75) is 25.9 Å². The van der Waals surface area contributed by atoms with Crippen LogP contribution in [0, 0.1) is 6.92 Å². The first-order chi connectivity index (χ1) is 16.7. The third-order valence-electron chi connectivity index (χ3n) is 6.22. The van der Waals surface area contributed by atoms with Crippen LogP contribution in [0.25, 0.3) is 15.3 Å². The standard InChI is InChI=1S/C27H22N4O2S/c1-17-6-2-3-7-19(17)16-33-20-12-10-18(11-13-20)21-14-25(32)30-26-22(21)15-28-31(26)27-29-23-8-4-5-9-24(23)34-27/h2-13,15,21H,14,16H2,1H3,(H,30,32)/t21-/m0/s1. The van der Waals surface area contributed by atoms with Gasteiger partial charge >= 0.3 is 0 Å². The van der Waals surface area contributed by atoms with E-state index < -0.39 is 0 Å². The van der Waals surface area contributed by atoms with Gasteiger partial charge in [-0.1, -0.05) is 59.9 Å². The lowest BCUT2D eigenvalue weighted by Crippen LogP contribution is -2.24. The Labute approximate surface area is 200 Å². The summed E-state index contributed by atoms with van der Waals surface area (Å²) in [6.07, 6.45) is 2.22. The van der Waals surface area contributed by atoms with E-state index in [9.17, 15) is 4.79 Å². The van der Waals surface area contributed by atoms with Crippen LogP contribution in [0.1, 0.15) is 34.6 Å². The van der Waals surface area contributed by atoms with Gasteiger partial charge < -0.3 is 10.1 Å². The van der Waals surface area contributed by atoms with Gasteiger partial charge in [-0.3, -0.25) is 4.79 Å². The molecule has 0 fully saturated rings. The second kappa shape index (κ2) is 8.43. The Balaban J connectivity index is 1.27. The van der Waals surface area contributed by atoms with Crippen LogP contribution in [0.3, 0.4) is 0 Å². The molecule has 7 heteroatoms. The predicted octanol–water partition coefficient (Wildman–Crippen LogP) is 5.84. The number of hydrogen-bond donors (Lipinski definition) is 1. The second-order valence-corrected chi connectivity index (χ2v) is 9.42. The van der Waals surface area contributed by atoms with Gasteiger partial charge in [0, 0.05) is 17.9 Å². The van der Waals surface area contributed by atoms with Crippen molar-refractivity contribution in [3.63, 3.8) is 0 Å². The first-order valence-corrected chi connectivity index (χ1v) is 12.0. The molecule has 3 heterocycles. The van der Waals surface area contributed by atoms with E-state index in [1.807, 2.05) is 66.9 Å². The molecule has 3 aromatic carbocycles. The zero-order valence-electron chi connectivity index (χ0n) is 18.6. The van der Waals surface area contributed by atoms with Crippen LogP contribution in [0.5, 0.6) is 5.75 Å². The first-order valence-electron chi connectivity index (χ1n) is 11.2. The number of aromatic nitrogens is 3. The molecular formula is C27H22N4O2S. The highest BCUT2D eigenvalue weighted by Crippen LogP contribution is 2.39. The molecule has 0 unspecified atom stereocenters. The molecule has 2 aromatic heterocycles. The highest BCUT2D eigenvalue weighted by Gasteiger charge is 2.31. The summed E-state index contributed by atoms with van der Waals surface area (Å²) < 4.78 is 8.82. The summed E-state index contributed by atoms with van der Waals surface area (Å²) >= 11 is 1.55. The van der Waals surface area contributed by atoms with Crippen molar-refractivity contribution < 1.29 is 9.53 Å². The van der Waals surface area contributed by atoms with Crippen molar-refractivity contribution in [3.8, 4) is 10.9 Å². The van der Waals surface area contributed by atoms with Crippen LogP contribution in [0.4, 0.5) is 5.82 Å². The van der Waals surface area contributed by atoms with Crippen molar-refractivity contribution in [2.75, 3.05) is 5.32 Å². The molecule has 168 valence electrons. The number of hydrogen-bond acceptors (Lipinski definition) is 5. The molecule has 0 saturated carbocycles. The SMILES string of the molecule is Cc1ccccc1COc1ccc([C@@H]2CC(=O)Nc3c2cnn3-c2nc3ccccc3s2)cc1. The third kappa shape index (κ3) is 3.74. The van der Waals surface area contributed by atoms with Gasteiger partial charge in [0.05, 0.1) is 16.4 Å². The molecule has 0 saturated heterocycles. The van der Waals surface area contributed by atoms with Crippen LogP contribution >= 0.6 is 11.3 Å². The largest absolute Gasteiger partial charge is 0.489 e. The fraction of sp³-hybridized carbons (Fsp3) is 0.148. The van der Waals surface area contributed by atoms with Gasteiger partial charge in [-0.15, -0.1) is 0 Å². The van der Waals surface area contributed by atoms with Crippen LogP contribution in [-0.2, 0) is 11.4 Å². The zero-order chi connectivity index (χ0) is 23.1. The van der Waals surface area contributed by atoms with Crippen molar-refractivity contribution in [1.29, 1.82) is 0 Å². The quantitative estimate of drug-likeness (QED) is 0.353. The summed E-state index contributed by atoms with van der Waals surface area (Å²) in [6.45, 7) is 2.61. The fourth-order valence-corrected chi connectivity index (χ4v) is 5.27. The van der Waals surface area contributed by atoms with Gasteiger partial charge in [0.2, 0.25) is 11.0 Å². The predicted molar refractivity (Wildman–Crippen MR) is 134 cm³/mol. The molecule has 1 atom stereocenters. The molecule has 1 amide bonds. The maximum atomic E-state index is 12.6. The van der Waals surface area contributed by atoms with E-state index in [-0.39, 0.29) is 11.8 Å².